The van der Waals surface area contributed by atoms with Gasteiger partial charge in [-0.15, -0.1) is 0 Å². The van der Waals surface area contributed by atoms with Gasteiger partial charge >= 0.3 is 0 Å². The lowest BCUT2D eigenvalue weighted by Crippen LogP contribution is -2.26. The van der Waals surface area contributed by atoms with E-state index in [9.17, 15) is 9.18 Å². The van der Waals surface area contributed by atoms with Gasteiger partial charge in [-0.05, 0) is 49.1 Å². The minimum Gasteiger partial charge on any atom is -0.357 e. The number of hydrogen-bond donors (Lipinski definition) is 2. The van der Waals surface area contributed by atoms with Crippen molar-refractivity contribution in [2.24, 2.45) is 0 Å². The molecule has 3 aromatic rings. The molecule has 0 saturated carbocycles. The maximum absolute atomic E-state index is 13.0. The van der Waals surface area contributed by atoms with Crippen LogP contribution in [0.15, 0.2) is 59.7 Å². The summed E-state index contributed by atoms with van der Waals surface area (Å²) in [5.74, 6) is 1.19. The molecule has 0 atom stereocenters. The molecular formula is C23H28FN5O. The molecule has 0 aliphatic rings. The van der Waals surface area contributed by atoms with Gasteiger partial charge in [0, 0.05) is 44.0 Å². The van der Waals surface area contributed by atoms with Gasteiger partial charge < -0.3 is 10.2 Å². The van der Waals surface area contributed by atoms with Crippen LogP contribution in [-0.4, -0.2) is 34.6 Å². The maximum atomic E-state index is 13.0. The van der Waals surface area contributed by atoms with Crippen LogP contribution in [0.4, 0.5) is 16.2 Å². The second-order valence-corrected chi connectivity index (χ2v) is 7.20. The second-order valence-electron chi connectivity index (χ2n) is 7.20. The monoisotopic (exact) mass is 409 g/mol. The fourth-order valence-electron chi connectivity index (χ4n) is 3.25. The van der Waals surface area contributed by atoms with Gasteiger partial charge in [0.25, 0.3) is 5.56 Å². The highest BCUT2D eigenvalue weighted by Gasteiger charge is 2.07. The van der Waals surface area contributed by atoms with Crippen LogP contribution in [0.5, 0.6) is 0 Å². The number of nitrogens with one attached hydrogen (secondary N) is 2. The van der Waals surface area contributed by atoms with E-state index in [1.165, 1.54) is 12.1 Å². The maximum Gasteiger partial charge on any atom is 0.255 e. The van der Waals surface area contributed by atoms with Gasteiger partial charge in [0.15, 0.2) is 0 Å². The summed E-state index contributed by atoms with van der Waals surface area (Å²) in [4.78, 5) is 26.1. The van der Waals surface area contributed by atoms with Crippen molar-refractivity contribution in [1.82, 2.24) is 15.0 Å². The van der Waals surface area contributed by atoms with Gasteiger partial charge in [-0.1, -0.05) is 25.1 Å². The molecule has 0 amide bonds. The van der Waals surface area contributed by atoms with Crippen LogP contribution in [0.25, 0.3) is 0 Å². The summed E-state index contributed by atoms with van der Waals surface area (Å²) < 4.78 is 13.0. The van der Waals surface area contributed by atoms with Crippen molar-refractivity contribution in [1.29, 1.82) is 0 Å². The van der Waals surface area contributed by atoms with Crippen LogP contribution in [0.2, 0.25) is 0 Å². The van der Waals surface area contributed by atoms with Crippen molar-refractivity contribution < 1.29 is 4.39 Å². The van der Waals surface area contributed by atoms with E-state index < -0.39 is 0 Å². The number of H-pyrrole nitrogens is 1. The number of aromatic nitrogens is 3. The molecule has 7 heteroatoms. The molecule has 0 aliphatic heterocycles. The zero-order chi connectivity index (χ0) is 21.2. The molecule has 0 fully saturated rings. The Morgan fingerprint density at radius 2 is 1.90 bits per heavy atom. The van der Waals surface area contributed by atoms with Gasteiger partial charge in [-0.25, -0.2) is 14.4 Å². The Bertz CT molecular complexity index is 959. The minimum absolute atomic E-state index is 0.180. The van der Waals surface area contributed by atoms with Crippen molar-refractivity contribution in [2.45, 2.75) is 32.6 Å². The third-order valence-electron chi connectivity index (χ3n) is 4.79. The first-order valence-corrected chi connectivity index (χ1v) is 10.4. The summed E-state index contributed by atoms with van der Waals surface area (Å²) in [6, 6.07) is 12.1. The minimum atomic E-state index is -0.289. The Morgan fingerprint density at radius 1 is 1.07 bits per heavy atom. The van der Waals surface area contributed by atoms with Gasteiger partial charge in [-0.2, -0.15) is 0 Å². The molecule has 0 aliphatic carbocycles. The van der Waals surface area contributed by atoms with Crippen LogP contribution in [0.1, 0.15) is 37.3 Å². The lowest BCUT2D eigenvalue weighted by atomic mass is 10.1. The molecule has 0 unspecified atom stereocenters. The van der Waals surface area contributed by atoms with Crippen molar-refractivity contribution in [3.05, 3.63) is 82.2 Å². The highest BCUT2D eigenvalue weighted by atomic mass is 19.1. The molecular weight excluding hydrogens is 381 g/mol. The average Bonchev–Trinajstić information content (AvgIpc) is 2.76. The average molecular weight is 410 g/mol. The van der Waals surface area contributed by atoms with Crippen molar-refractivity contribution >= 4 is 11.8 Å². The number of rotatable bonds is 11. The highest BCUT2D eigenvalue weighted by Crippen LogP contribution is 2.11. The van der Waals surface area contributed by atoms with E-state index in [4.69, 9.17) is 0 Å². The molecule has 0 bridgehead atoms. The first-order chi connectivity index (χ1) is 14.7. The summed E-state index contributed by atoms with van der Waals surface area (Å²) in [5, 5.41) is 3.18. The Balaban J connectivity index is 1.45. The van der Waals surface area contributed by atoms with Gasteiger partial charge in [0.1, 0.15) is 11.6 Å². The first-order valence-electron chi connectivity index (χ1n) is 10.4. The Hall–Kier alpha value is -3.22. The van der Waals surface area contributed by atoms with Crippen molar-refractivity contribution in [3.8, 4) is 0 Å². The van der Waals surface area contributed by atoms with Crippen LogP contribution in [0.3, 0.4) is 0 Å². The van der Waals surface area contributed by atoms with Crippen LogP contribution in [-0.2, 0) is 6.42 Å². The van der Waals surface area contributed by atoms with E-state index in [-0.39, 0.29) is 11.4 Å². The third kappa shape index (κ3) is 6.40. The van der Waals surface area contributed by atoms with E-state index in [2.05, 4.69) is 32.1 Å². The second kappa shape index (κ2) is 11.1. The number of unbranched alkanes of at least 4 members (excludes halogenated alkanes) is 1. The number of halogens is 1. The summed E-state index contributed by atoms with van der Waals surface area (Å²) >= 11 is 0. The number of anilines is 2. The van der Waals surface area contributed by atoms with E-state index in [0.29, 0.717) is 17.9 Å². The lowest BCUT2D eigenvalue weighted by Gasteiger charge is -2.23. The molecule has 158 valence electrons. The predicted molar refractivity (Wildman–Crippen MR) is 119 cm³/mol. The molecule has 0 spiro atoms. The van der Waals surface area contributed by atoms with E-state index >= 15 is 0 Å². The highest BCUT2D eigenvalue weighted by molar-refractivity contribution is 5.37. The van der Waals surface area contributed by atoms with Crippen molar-refractivity contribution in [2.75, 3.05) is 29.9 Å². The number of hydrogen-bond acceptors (Lipinski definition) is 5. The SMILES string of the molecule is CCCN(CCCCNc1ncc(Cc2ccc(F)cc2)c(=O)[nH]1)c1ccccn1. The Kier molecular flexibility index (Phi) is 7.94. The van der Waals surface area contributed by atoms with Crippen molar-refractivity contribution in [3.63, 3.8) is 0 Å². The topological polar surface area (TPSA) is 73.9 Å². The van der Waals surface area contributed by atoms with Crippen LogP contribution in [0, 0.1) is 5.82 Å². The largest absolute Gasteiger partial charge is 0.357 e. The quantitative estimate of drug-likeness (QED) is 0.468. The smallest absolute Gasteiger partial charge is 0.255 e. The zero-order valence-corrected chi connectivity index (χ0v) is 17.3. The number of benzene rings is 1. The molecule has 6 nitrogen and oxygen atoms in total. The molecule has 0 saturated heterocycles. The molecule has 2 heterocycles. The van der Waals surface area contributed by atoms with Gasteiger partial charge in [-0.3, -0.25) is 9.78 Å². The molecule has 2 aromatic heterocycles. The fraction of sp³-hybridized carbons (Fsp3) is 0.348. The summed E-state index contributed by atoms with van der Waals surface area (Å²) in [6.07, 6.45) is 6.86. The Morgan fingerprint density at radius 3 is 2.60 bits per heavy atom. The molecule has 30 heavy (non-hydrogen) atoms. The normalized spacial score (nSPS) is 10.7. The summed E-state index contributed by atoms with van der Waals surface area (Å²) in [5.41, 5.74) is 1.24. The molecule has 3 rings (SSSR count). The van der Waals surface area contributed by atoms with Crippen LogP contribution >= 0.6 is 0 Å². The summed E-state index contributed by atoms with van der Waals surface area (Å²) in [7, 11) is 0. The molecule has 1 aromatic carbocycles. The summed E-state index contributed by atoms with van der Waals surface area (Å²) in [6.45, 7) is 4.81. The Labute approximate surface area is 176 Å². The van der Waals surface area contributed by atoms with Crippen LogP contribution < -0.4 is 15.8 Å². The van der Waals surface area contributed by atoms with Gasteiger partial charge in [0.2, 0.25) is 5.95 Å². The number of aromatic amines is 1. The molecule has 0 radical (unpaired) electrons. The standard InChI is InChI=1S/C23H28FN5O/c1-2-14-29(21-7-3-4-12-25-21)15-6-5-13-26-23-27-17-19(22(30)28-23)16-18-8-10-20(24)11-9-18/h3-4,7-12,17H,2,5-6,13-16H2,1H3,(H2,26,27,28,30). The molecule has 2 N–H and O–H groups in total. The third-order valence-corrected chi connectivity index (χ3v) is 4.79. The van der Waals surface area contributed by atoms with E-state index in [1.54, 1.807) is 18.3 Å². The van der Waals surface area contributed by atoms with E-state index in [1.807, 2.05) is 24.4 Å². The number of pyridine rings is 1. The predicted octanol–water partition coefficient (Wildman–Crippen LogP) is 4.00. The first kappa shape index (κ1) is 21.5. The lowest BCUT2D eigenvalue weighted by molar-refractivity contribution is 0.627. The zero-order valence-electron chi connectivity index (χ0n) is 17.3. The van der Waals surface area contributed by atoms with Gasteiger partial charge in [0.05, 0.1) is 0 Å². The van der Waals surface area contributed by atoms with E-state index in [0.717, 1.165) is 50.3 Å². The fourth-order valence-corrected chi connectivity index (χ4v) is 3.25. The number of nitrogens with zero attached hydrogens (tertiary/aromatic N) is 3.